The van der Waals surface area contributed by atoms with Crippen LogP contribution >= 0.6 is 15.9 Å². The fourth-order valence-electron chi connectivity index (χ4n) is 2.47. The second-order valence-corrected chi connectivity index (χ2v) is 6.11. The van der Waals surface area contributed by atoms with Gasteiger partial charge >= 0.3 is 0 Å². The molecule has 1 aromatic heterocycles. The van der Waals surface area contributed by atoms with Gasteiger partial charge in [0.05, 0.1) is 5.52 Å². The molecule has 1 saturated carbocycles. The number of fused-ring (bicyclic) bond motifs is 1. The van der Waals surface area contributed by atoms with Crippen molar-refractivity contribution < 1.29 is 0 Å². The van der Waals surface area contributed by atoms with Gasteiger partial charge in [0.1, 0.15) is 0 Å². The Kier molecular flexibility index (Phi) is 2.56. The zero-order valence-corrected chi connectivity index (χ0v) is 11.6. The number of aromatic amines is 1. The van der Waals surface area contributed by atoms with Crippen LogP contribution in [0.1, 0.15) is 30.5 Å². The molecule has 1 fully saturated rings. The minimum absolute atomic E-state index is 0.141. The van der Waals surface area contributed by atoms with E-state index in [0.717, 1.165) is 17.3 Å². The third-order valence-corrected chi connectivity index (χ3v) is 4.53. The van der Waals surface area contributed by atoms with Gasteiger partial charge in [-0.3, -0.25) is 0 Å². The zero-order valence-electron chi connectivity index (χ0n) is 10.0. The first kappa shape index (κ1) is 11.3. The molecule has 1 aromatic carbocycles. The van der Waals surface area contributed by atoms with Crippen LogP contribution in [-0.4, -0.2) is 10.5 Å². The number of aromatic nitrogens is 1. The van der Waals surface area contributed by atoms with Crippen LogP contribution in [0.25, 0.3) is 10.9 Å². The molecule has 0 amide bonds. The quantitative estimate of drug-likeness (QED) is 0.891. The third-order valence-electron chi connectivity index (χ3n) is 3.87. The summed E-state index contributed by atoms with van der Waals surface area (Å²) in [7, 11) is 0. The molecule has 3 N–H and O–H groups in total. The van der Waals surface area contributed by atoms with Gasteiger partial charge in [0.25, 0.3) is 0 Å². The van der Waals surface area contributed by atoms with Gasteiger partial charge in [0.15, 0.2) is 0 Å². The Morgan fingerprint density at radius 3 is 2.88 bits per heavy atom. The van der Waals surface area contributed by atoms with Crippen LogP contribution in [0.2, 0.25) is 0 Å². The normalized spacial score (nSPS) is 17.6. The van der Waals surface area contributed by atoms with E-state index in [0.29, 0.717) is 0 Å². The molecular formula is C14H17BrN2. The van der Waals surface area contributed by atoms with Gasteiger partial charge in [0.2, 0.25) is 0 Å². The van der Waals surface area contributed by atoms with Crippen molar-refractivity contribution in [2.45, 2.75) is 38.1 Å². The summed E-state index contributed by atoms with van der Waals surface area (Å²) in [6, 6.07) is 6.36. The number of nitrogens with one attached hydrogen (secondary N) is 1. The molecule has 0 spiro atoms. The molecule has 0 radical (unpaired) electrons. The molecule has 1 aliphatic carbocycles. The molecule has 3 rings (SSSR count). The fraction of sp³-hybridized carbons (Fsp3) is 0.429. The van der Waals surface area contributed by atoms with Gasteiger partial charge in [-0.1, -0.05) is 12.1 Å². The lowest BCUT2D eigenvalue weighted by atomic mass is 10.0. The van der Waals surface area contributed by atoms with Crippen LogP contribution in [0.15, 0.2) is 22.7 Å². The zero-order chi connectivity index (χ0) is 12.0. The van der Waals surface area contributed by atoms with Crippen molar-refractivity contribution in [2.24, 2.45) is 5.73 Å². The largest absolute Gasteiger partial charge is 0.357 e. The maximum atomic E-state index is 6.17. The van der Waals surface area contributed by atoms with Gasteiger partial charge in [0, 0.05) is 21.1 Å². The van der Waals surface area contributed by atoms with E-state index in [1.165, 1.54) is 35.0 Å². The van der Waals surface area contributed by atoms with Crippen molar-refractivity contribution in [2.75, 3.05) is 0 Å². The Hall–Kier alpha value is -0.800. The second-order valence-electron chi connectivity index (χ2n) is 5.25. The molecule has 3 heteroatoms. The summed E-state index contributed by atoms with van der Waals surface area (Å²) in [4.78, 5) is 3.46. The minimum Gasteiger partial charge on any atom is -0.357 e. The van der Waals surface area contributed by atoms with Crippen LogP contribution in [0.4, 0.5) is 0 Å². The summed E-state index contributed by atoms with van der Waals surface area (Å²) in [6.45, 7) is 2.15. The number of rotatable bonds is 3. The van der Waals surface area contributed by atoms with Crippen molar-refractivity contribution in [3.63, 3.8) is 0 Å². The Labute approximate surface area is 110 Å². The molecule has 1 aliphatic rings. The molecule has 17 heavy (non-hydrogen) atoms. The second kappa shape index (κ2) is 3.85. The highest BCUT2D eigenvalue weighted by Crippen LogP contribution is 2.38. The number of H-pyrrole nitrogens is 1. The van der Waals surface area contributed by atoms with E-state index >= 15 is 0 Å². The molecule has 0 atom stereocenters. The van der Waals surface area contributed by atoms with Crippen LogP contribution in [0.3, 0.4) is 0 Å². The summed E-state index contributed by atoms with van der Waals surface area (Å²) in [5.74, 6) is 0. The number of benzene rings is 1. The van der Waals surface area contributed by atoms with Gasteiger partial charge in [-0.25, -0.2) is 0 Å². The molecule has 2 nitrogen and oxygen atoms in total. The standard InChI is InChI=1S/C14H17BrN2/c1-9-10(5-6-14(16)7-8-14)11-3-2-4-12(15)13(11)17-9/h2-4,17H,5-8,16H2,1H3. The van der Waals surface area contributed by atoms with E-state index in [9.17, 15) is 0 Å². The average Bonchev–Trinajstić information content (AvgIpc) is 2.92. The van der Waals surface area contributed by atoms with Crippen molar-refractivity contribution in [3.05, 3.63) is 33.9 Å². The molecule has 2 aromatic rings. The molecular weight excluding hydrogens is 276 g/mol. The van der Waals surface area contributed by atoms with E-state index in [1.807, 2.05) is 0 Å². The topological polar surface area (TPSA) is 41.8 Å². The van der Waals surface area contributed by atoms with Crippen molar-refractivity contribution >= 4 is 26.8 Å². The Morgan fingerprint density at radius 2 is 2.18 bits per heavy atom. The van der Waals surface area contributed by atoms with E-state index < -0.39 is 0 Å². The number of nitrogens with two attached hydrogens (primary N) is 1. The van der Waals surface area contributed by atoms with Gasteiger partial charge < -0.3 is 10.7 Å². The molecule has 1 heterocycles. The first-order chi connectivity index (χ1) is 8.09. The monoisotopic (exact) mass is 292 g/mol. The summed E-state index contributed by atoms with van der Waals surface area (Å²) < 4.78 is 1.14. The van der Waals surface area contributed by atoms with Crippen LogP contribution in [0, 0.1) is 6.92 Å². The molecule has 0 unspecified atom stereocenters. The first-order valence-electron chi connectivity index (χ1n) is 6.14. The van der Waals surface area contributed by atoms with Crippen LogP contribution in [-0.2, 0) is 6.42 Å². The summed E-state index contributed by atoms with van der Waals surface area (Å²) >= 11 is 3.59. The maximum absolute atomic E-state index is 6.17. The lowest BCUT2D eigenvalue weighted by Crippen LogP contribution is -2.22. The maximum Gasteiger partial charge on any atom is 0.0603 e. The molecule has 90 valence electrons. The summed E-state index contributed by atoms with van der Waals surface area (Å²) in [5, 5.41) is 1.33. The third kappa shape index (κ3) is 2.02. The van der Waals surface area contributed by atoms with Gasteiger partial charge in [-0.2, -0.15) is 0 Å². The highest BCUT2D eigenvalue weighted by molar-refractivity contribution is 9.10. The summed E-state index contributed by atoms with van der Waals surface area (Å²) in [5.41, 5.74) is 10.2. The number of para-hydroxylation sites is 1. The highest BCUT2D eigenvalue weighted by Gasteiger charge is 2.37. The van der Waals surface area contributed by atoms with Crippen molar-refractivity contribution in [1.82, 2.24) is 4.98 Å². The average molecular weight is 293 g/mol. The number of hydrogen-bond donors (Lipinski definition) is 2. The van der Waals surface area contributed by atoms with E-state index in [4.69, 9.17) is 5.73 Å². The molecule has 0 saturated heterocycles. The van der Waals surface area contributed by atoms with Crippen LogP contribution in [0.5, 0.6) is 0 Å². The smallest absolute Gasteiger partial charge is 0.0603 e. The Morgan fingerprint density at radius 1 is 1.41 bits per heavy atom. The SMILES string of the molecule is Cc1[nH]c2c(Br)cccc2c1CCC1(N)CC1. The lowest BCUT2D eigenvalue weighted by molar-refractivity contribution is 0.609. The number of hydrogen-bond acceptors (Lipinski definition) is 1. The fourth-order valence-corrected chi connectivity index (χ4v) is 2.94. The first-order valence-corrected chi connectivity index (χ1v) is 6.93. The number of aryl methyl sites for hydroxylation is 2. The number of halogens is 1. The van der Waals surface area contributed by atoms with E-state index in [-0.39, 0.29) is 5.54 Å². The predicted molar refractivity (Wildman–Crippen MR) is 75.2 cm³/mol. The highest BCUT2D eigenvalue weighted by atomic mass is 79.9. The lowest BCUT2D eigenvalue weighted by Gasteiger charge is -2.08. The predicted octanol–water partition coefficient (Wildman–Crippen LogP) is 3.66. The van der Waals surface area contributed by atoms with E-state index in [1.54, 1.807) is 0 Å². The summed E-state index contributed by atoms with van der Waals surface area (Å²) in [6.07, 6.45) is 4.57. The van der Waals surface area contributed by atoms with Gasteiger partial charge in [-0.05, 0) is 60.2 Å². The van der Waals surface area contributed by atoms with Gasteiger partial charge in [-0.15, -0.1) is 0 Å². The minimum atomic E-state index is 0.141. The Balaban J connectivity index is 1.97. The molecule has 0 aliphatic heterocycles. The Bertz CT molecular complexity index is 567. The van der Waals surface area contributed by atoms with Crippen molar-refractivity contribution in [3.8, 4) is 0 Å². The molecule has 0 bridgehead atoms. The van der Waals surface area contributed by atoms with Crippen LogP contribution < -0.4 is 5.73 Å². The van der Waals surface area contributed by atoms with Crippen molar-refractivity contribution in [1.29, 1.82) is 0 Å². The van der Waals surface area contributed by atoms with E-state index in [2.05, 4.69) is 46.0 Å².